The van der Waals surface area contributed by atoms with E-state index in [2.05, 4.69) is 5.32 Å². The largest absolute Gasteiger partial charge is 0.396 e. The van der Waals surface area contributed by atoms with E-state index in [1.54, 1.807) is 7.11 Å². The Morgan fingerprint density at radius 3 is 2.75 bits per heavy atom. The van der Waals surface area contributed by atoms with Gasteiger partial charge in [-0.15, -0.1) is 0 Å². The first-order valence-electron chi connectivity index (χ1n) is 6.03. The van der Waals surface area contributed by atoms with Crippen molar-refractivity contribution >= 4 is 5.91 Å². The van der Waals surface area contributed by atoms with Crippen LogP contribution in [0.5, 0.6) is 0 Å². The third-order valence-corrected chi connectivity index (χ3v) is 3.35. The van der Waals surface area contributed by atoms with Crippen LogP contribution in [0.25, 0.3) is 0 Å². The quantitative estimate of drug-likeness (QED) is 0.651. The van der Waals surface area contributed by atoms with Crippen molar-refractivity contribution in [3.8, 4) is 0 Å². The monoisotopic (exact) mass is 229 g/mol. The second-order valence-corrected chi connectivity index (χ2v) is 4.85. The van der Waals surface area contributed by atoms with E-state index >= 15 is 0 Å². The van der Waals surface area contributed by atoms with Crippen molar-refractivity contribution in [3.63, 3.8) is 0 Å². The number of ether oxygens (including phenoxy) is 1. The predicted molar refractivity (Wildman–Crippen MR) is 62.0 cm³/mol. The molecule has 1 atom stereocenters. The Bertz CT molecular complexity index is 226. The highest BCUT2D eigenvalue weighted by atomic mass is 16.5. The van der Waals surface area contributed by atoms with Crippen LogP contribution >= 0.6 is 0 Å². The van der Waals surface area contributed by atoms with E-state index in [-0.39, 0.29) is 17.9 Å². The first-order chi connectivity index (χ1) is 7.64. The molecule has 1 rings (SSSR count). The second-order valence-electron chi connectivity index (χ2n) is 4.85. The Labute approximate surface area is 97.4 Å². The lowest BCUT2D eigenvalue weighted by Gasteiger charge is -2.17. The van der Waals surface area contributed by atoms with Gasteiger partial charge in [0.25, 0.3) is 0 Å². The van der Waals surface area contributed by atoms with Crippen LogP contribution < -0.4 is 5.32 Å². The molecule has 1 aliphatic rings. The van der Waals surface area contributed by atoms with E-state index in [0.29, 0.717) is 19.1 Å². The molecule has 4 heteroatoms. The van der Waals surface area contributed by atoms with E-state index in [9.17, 15) is 4.79 Å². The Morgan fingerprint density at radius 1 is 1.56 bits per heavy atom. The van der Waals surface area contributed by atoms with E-state index in [1.165, 1.54) is 0 Å². The van der Waals surface area contributed by atoms with Crippen LogP contribution in [-0.4, -0.2) is 37.9 Å². The molecule has 94 valence electrons. The maximum atomic E-state index is 11.9. The summed E-state index contributed by atoms with van der Waals surface area (Å²) in [5.41, 5.74) is -0.144. The molecule has 1 amide bonds. The topological polar surface area (TPSA) is 58.6 Å². The standard InChI is InChI=1S/C12H23NO3/c1-10(3-7-14)9-13-11(15)12(4-5-12)6-8-16-2/h10,14H,3-9H2,1-2H3,(H,13,15). The van der Waals surface area contributed by atoms with Gasteiger partial charge in [-0.05, 0) is 31.6 Å². The Hall–Kier alpha value is -0.610. The van der Waals surface area contributed by atoms with Crippen LogP contribution in [0, 0.1) is 11.3 Å². The molecule has 0 aromatic rings. The average molecular weight is 229 g/mol. The summed E-state index contributed by atoms with van der Waals surface area (Å²) in [5.74, 6) is 0.501. The van der Waals surface area contributed by atoms with Gasteiger partial charge in [-0.3, -0.25) is 4.79 Å². The molecule has 0 spiro atoms. The molecule has 0 aromatic heterocycles. The Kier molecular flexibility index (Phi) is 5.22. The number of amides is 1. The Balaban J connectivity index is 2.24. The summed E-state index contributed by atoms with van der Waals surface area (Å²) in [6.45, 7) is 3.53. The van der Waals surface area contributed by atoms with Crippen LogP contribution in [-0.2, 0) is 9.53 Å². The third-order valence-electron chi connectivity index (χ3n) is 3.35. The SMILES string of the molecule is COCCC1(C(=O)NCC(C)CCO)CC1. The van der Waals surface area contributed by atoms with Gasteiger partial charge in [-0.25, -0.2) is 0 Å². The van der Waals surface area contributed by atoms with Crippen LogP contribution in [0.3, 0.4) is 0 Å². The number of rotatable bonds is 8. The molecule has 0 bridgehead atoms. The van der Waals surface area contributed by atoms with Crippen LogP contribution in [0.4, 0.5) is 0 Å². The summed E-state index contributed by atoms with van der Waals surface area (Å²) in [6, 6.07) is 0. The number of hydrogen-bond donors (Lipinski definition) is 2. The minimum atomic E-state index is -0.144. The van der Waals surface area contributed by atoms with Crippen LogP contribution in [0.2, 0.25) is 0 Å². The van der Waals surface area contributed by atoms with E-state index < -0.39 is 0 Å². The number of carbonyl (C=O) groups is 1. The summed E-state index contributed by atoms with van der Waals surface area (Å²) < 4.78 is 5.02. The van der Waals surface area contributed by atoms with Crippen molar-refractivity contribution in [1.29, 1.82) is 0 Å². The first-order valence-corrected chi connectivity index (χ1v) is 6.03. The molecule has 4 nitrogen and oxygen atoms in total. The molecule has 1 fully saturated rings. The lowest BCUT2D eigenvalue weighted by Crippen LogP contribution is -2.35. The van der Waals surface area contributed by atoms with E-state index in [0.717, 1.165) is 25.7 Å². The van der Waals surface area contributed by atoms with Gasteiger partial charge in [0, 0.05) is 26.9 Å². The van der Waals surface area contributed by atoms with Crippen molar-refractivity contribution in [3.05, 3.63) is 0 Å². The molecule has 1 saturated carbocycles. The zero-order valence-electron chi connectivity index (χ0n) is 10.3. The minimum absolute atomic E-state index is 0.144. The summed E-state index contributed by atoms with van der Waals surface area (Å²) >= 11 is 0. The molecule has 0 saturated heterocycles. The average Bonchev–Trinajstić information content (AvgIpc) is 3.04. The minimum Gasteiger partial charge on any atom is -0.396 e. The smallest absolute Gasteiger partial charge is 0.226 e. The fourth-order valence-electron chi connectivity index (χ4n) is 1.82. The fourth-order valence-corrected chi connectivity index (χ4v) is 1.82. The van der Waals surface area contributed by atoms with Gasteiger partial charge >= 0.3 is 0 Å². The van der Waals surface area contributed by atoms with Crippen molar-refractivity contribution in [2.24, 2.45) is 11.3 Å². The maximum absolute atomic E-state index is 11.9. The number of nitrogens with one attached hydrogen (secondary N) is 1. The van der Waals surface area contributed by atoms with E-state index in [4.69, 9.17) is 9.84 Å². The molecule has 2 N–H and O–H groups in total. The summed E-state index contributed by atoms with van der Waals surface area (Å²) in [5, 5.41) is 11.7. The summed E-state index contributed by atoms with van der Waals surface area (Å²) in [6.07, 6.45) is 3.53. The molecule has 0 radical (unpaired) electrons. The first kappa shape index (κ1) is 13.5. The number of aliphatic hydroxyl groups excluding tert-OH is 1. The van der Waals surface area contributed by atoms with Crippen molar-refractivity contribution in [2.45, 2.75) is 32.6 Å². The lowest BCUT2D eigenvalue weighted by atomic mass is 10.0. The highest BCUT2D eigenvalue weighted by molar-refractivity contribution is 5.85. The van der Waals surface area contributed by atoms with Crippen LogP contribution in [0.1, 0.15) is 32.6 Å². The highest BCUT2D eigenvalue weighted by Crippen LogP contribution is 2.48. The van der Waals surface area contributed by atoms with Crippen molar-refractivity contribution < 1.29 is 14.6 Å². The second kappa shape index (κ2) is 6.21. The number of methoxy groups -OCH3 is 1. The summed E-state index contributed by atoms with van der Waals surface area (Å²) in [7, 11) is 1.66. The molecular weight excluding hydrogens is 206 g/mol. The highest BCUT2D eigenvalue weighted by Gasteiger charge is 2.48. The maximum Gasteiger partial charge on any atom is 0.226 e. The zero-order chi connectivity index (χ0) is 12.0. The van der Waals surface area contributed by atoms with Crippen molar-refractivity contribution in [1.82, 2.24) is 5.32 Å². The van der Waals surface area contributed by atoms with Gasteiger partial charge in [0.1, 0.15) is 0 Å². The molecule has 16 heavy (non-hydrogen) atoms. The van der Waals surface area contributed by atoms with Gasteiger partial charge in [-0.2, -0.15) is 0 Å². The number of hydrogen-bond acceptors (Lipinski definition) is 3. The molecular formula is C12H23NO3. The lowest BCUT2D eigenvalue weighted by molar-refractivity contribution is -0.127. The van der Waals surface area contributed by atoms with Crippen molar-refractivity contribution in [2.75, 3.05) is 26.9 Å². The molecule has 1 aliphatic carbocycles. The number of carbonyl (C=O) groups excluding carboxylic acids is 1. The van der Waals surface area contributed by atoms with Gasteiger partial charge < -0.3 is 15.2 Å². The van der Waals surface area contributed by atoms with E-state index in [1.807, 2.05) is 6.92 Å². The third kappa shape index (κ3) is 3.76. The normalized spacial score (nSPS) is 19.2. The Morgan fingerprint density at radius 2 is 2.25 bits per heavy atom. The van der Waals surface area contributed by atoms with Gasteiger partial charge in [0.2, 0.25) is 5.91 Å². The number of aliphatic hydroxyl groups is 1. The van der Waals surface area contributed by atoms with Crippen LogP contribution in [0.15, 0.2) is 0 Å². The van der Waals surface area contributed by atoms with Gasteiger partial charge in [0.05, 0.1) is 5.41 Å². The molecule has 1 unspecified atom stereocenters. The molecule has 0 heterocycles. The summed E-state index contributed by atoms with van der Waals surface area (Å²) in [4.78, 5) is 11.9. The van der Waals surface area contributed by atoms with Gasteiger partial charge in [0.15, 0.2) is 0 Å². The molecule has 0 aliphatic heterocycles. The zero-order valence-corrected chi connectivity index (χ0v) is 10.3. The van der Waals surface area contributed by atoms with Gasteiger partial charge in [-0.1, -0.05) is 6.92 Å². The predicted octanol–water partition coefficient (Wildman–Crippen LogP) is 0.938. The fraction of sp³-hybridized carbons (Fsp3) is 0.917. The molecule has 0 aromatic carbocycles.